The maximum Gasteiger partial charge on any atom is 0.271 e. The van der Waals surface area contributed by atoms with Gasteiger partial charge in [0.15, 0.2) is 5.82 Å². The zero-order chi connectivity index (χ0) is 21.1. The van der Waals surface area contributed by atoms with Gasteiger partial charge in [-0.3, -0.25) is 14.9 Å². The summed E-state index contributed by atoms with van der Waals surface area (Å²) in [4.78, 5) is 22.7. The number of non-ortho nitro benzene ring substituents is 1. The lowest BCUT2D eigenvalue weighted by atomic mass is 10.1. The second-order valence-corrected chi connectivity index (χ2v) is 7.93. The van der Waals surface area contributed by atoms with E-state index in [4.69, 9.17) is 17.4 Å². The lowest BCUT2D eigenvalue weighted by molar-refractivity contribution is -0.384. The number of aromatic nitrogens is 3. The van der Waals surface area contributed by atoms with Crippen LogP contribution in [0, 0.1) is 17.0 Å². The van der Waals surface area contributed by atoms with Crippen LogP contribution in [0.4, 0.5) is 11.4 Å². The molecule has 0 aliphatic carbocycles. The minimum absolute atomic E-state index is 0.0772. The molecule has 150 valence electrons. The first-order valence-corrected chi connectivity index (χ1v) is 9.71. The van der Waals surface area contributed by atoms with E-state index in [0.29, 0.717) is 11.0 Å². The summed E-state index contributed by atoms with van der Waals surface area (Å²) in [5.41, 5.74) is 2.05. The molecule has 0 saturated heterocycles. The topological polar surface area (TPSA) is 129 Å². The van der Waals surface area contributed by atoms with Gasteiger partial charge in [0.25, 0.3) is 5.69 Å². The molecule has 3 aromatic rings. The van der Waals surface area contributed by atoms with E-state index in [9.17, 15) is 14.9 Å². The minimum Gasteiger partial charge on any atom is -0.335 e. The third kappa shape index (κ3) is 4.66. The van der Waals surface area contributed by atoms with E-state index >= 15 is 0 Å². The predicted octanol–water partition coefficient (Wildman–Crippen LogP) is 3.65. The Bertz CT molecular complexity index is 1070. The molecule has 0 aliphatic rings. The van der Waals surface area contributed by atoms with E-state index in [1.165, 1.54) is 22.9 Å². The maximum atomic E-state index is 12.5. The molecule has 0 bridgehead atoms. The number of hydrogen-bond donors (Lipinski definition) is 2. The number of carbonyl (C=O) groups is 1. The van der Waals surface area contributed by atoms with Gasteiger partial charge in [-0.2, -0.15) is 0 Å². The Morgan fingerprint density at radius 1 is 1.28 bits per heavy atom. The Labute approximate surface area is 175 Å². The van der Waals surface area contributed by atoms with Crippen LogP contribution in [0.15, 0.2) is 47.6 Å². The molecule has 3 rings (SSSR count). The monoisotopic (exact) mass is 432 g/mol. The zero-order valence-corrected chi connectivity index (χ0v) is 17.1. The molecule has 0 spiro atoms. The number of nitrogen functional groups attached to an aromatic ring is 1. The normalized spacial score (nSPS) is 11.8. The Morgan fingerprint density at radius 2 is 1.97 bits per heavy atom. The van der Waals surface area contributed by atoms with Gasteiger partial charge in [0.05, 0.1) is 20.9 Å². The SMILES string of the molecule is Cc1ccc(-c2nnc(S[C@@H](C)C(=O)Nc3ccc([N+](=O)[O-])cc3Cl)n2N)cc1. The van der Waals surface area contributed by atoms with Crippen LogP contribution in [-0.4, -0.2) is 31.0 Å². The first-order valence-electron chi connectivity index (χ1n) is 8.45. The van der Waals surface area contributed by atoms with Crippen molar-refractivity contribution >= 4 is 40.6 Å². The molecule has 9 nitrogen and oxygen atoms in total. The molecule has 3 N–H and O–H groups in total. The van der Waals surface area contributed by atoms with Crippen molar-refractivity contribution in [3.8, 4) is 11.4 Å². The van der Waals surface area contributed by atoms with E-state index in [1.54, 1.807) is 6.92 Å². The van der Waals surface area contributed by atoms with Crippen LogP contribution in [0.3, 0.4) is 0 Å². The van der Waals surface area contributed by atoms with Crippen LogP contribution in [0.25, 0.3) is 11.4 Å². The highest BCUT2D eigenvalue weighted by molar-refractivity contribution is 8.00. The molecule has 11 heteroatoms. The van der Waals surface area contributed by atoms with E-state index in [2.05, 4.69) is 15.5 Å². The predicted molar refractivity (Wildman–Crippen MR) is 112 cm³/mol. The second-order valence-electron chi connectivity index (χ2n) is 6.21. The molecule has 0 unspecified atom stereocenters. The molecule has 1 heterocycles. The minimum atomic E-state index is -0.571. The number of amides is 1. The van der Waals surface area contributed by atoms with Crippen LogP contribution >= 0.6 is 23.4 Å². The molecule has 29 heavy (non-hydrogen) atoms. The number of halogens is 1. The van der Waals surface area contributed by atoms with Crippen molar-refractivity contribution < 1.29 is 9.72 Å². The van der Waals surface area contributed by atoms with Crippen LogP contribution in [0.1, 0.15) is 12.5 Å². The summed E-state index contributed by atoms with van der Waals surface area (Å²) in [6, 6.07) is 11.5. The molecule has 1 aromatic heterocycles. The molecule has 1 amide bonds. The number of nitro groups is 1. The van der Waals surface area contributed by atoms with Gasteiger partial charge in [-0.15, -0.1) is 10.2 Å². The largest absolute Gasteiger partial charge is 0.335 e. The number of nitrogens with one attached hydrogen (secondary N) is 1. The summed E-state index contributed by atoms with van der Waals surface area (Å²) in [7, 11) is 0. The van der Waals surface area contributed by atoms with Crippen molar-refractivity contribution in [3.05, 3.63) is 63.2 Å². The van der Waals surface area contributed by atoms with Gasteiger partial charge in [-0.25, -0.2) is 4.68 Å². The lowest BCUT2D eigenvalue weighted by Crippen LogP contribution is -2.23. The summed E-state index contributed by atoms with van der Waals surface area (Å²) in [6.45, 7) is 3.66. The highest BCUT2D eigenvalue weighted by Crippen LogP contribution is 2.29. The van der Waals surface area contributed by atoms with Crippen molar-refractivity contribution in [1.29, 1.82) is 0 Å². The molecule has 0 aliphatic heterocycles. The standard InChI is InChI=1S/C18H17ClN6O3S/c1-10-3-5-12(6-4-10)16-22-23-18(24(16)20)29-11(2)17(26)21-15-8-7-13(25(27)28)9-14(15)19/h3-9,11H,20H2,1-2H3,(H,21,26)/t11-/m0/s1. The number of carbonyl (C=O) groups excluding carboxylic acids is 1. The van der Waals surface area contributed by atoms with E-state index in [1.807, 2.05) is 31.2 Å². The number of thioether (sulfide) groups is 1. The number of aryl methyl sites for hydroxylation is 1. The van der Waals surface area contributed by atoms with Crippen molar-refractivity contribution in [2.24, 2.45) is 0 Å². The average Bonchev–Trinajstić information content (AvgIpc) is 3.04. The van der Waals surface area contributed by atoms with Crippen LogP contribution in [0.2, 0.25) is 5.02 Å². The highest BCUT2D eigenvalue weighted by atomic mass is 35.5. The first kappa shape index (κ1) is 20.6. The Hall–Kier alpha value is -3.11. The van der Waals surface area contributed by atoms with Crippen LogP contribution in [-0.2, 0) is 4.79 Å². The van der Waals surface area contributed by atoms with Gasteiger partial charge in [0, 0.05) is 17.7 Å². The van der Waals surface area contributed by atoms with Crippen molar-refractivity contribution in [3.63, 3.8) is 0 Å². The van der Waals surface area contributed by atoms with Gasteiger partial charge >= 0.3 is 0 Å². The molecule has 0 fully saturated rings. The number of hydrogen-bond acceptors (Lipinski definition) is 7. The smallest absolute Gasteiger partial charge is 0.271 e. The Kier molecular flexibility index (Phi) is 6.04. The summed E-state index contributed by atoms with van der Waals surface area (Å²) in [6.07, 6.45) is 0. The number of benzene rings is 2. The number of anilines is 1. The number of rotatable bonds is 6. The number of nitro benzene ring substituents is 1. The van der Waals surface area contributed by atoms with Gasteiger partial charge in [0.1, 0.15) is 0 Å². The Balaban J connectivity index is 1.70. The third-order valence-corrected chi connectivity index (χ3v) is 5.42. The van der Waals surface area contributed by atoms with Crippen LogP contribution < -0.4 is 11.2 Å². The average molecular weight is 433 g/mol. The fraction of sp³-hybridized carbons (Fsp3) is 0.167. The Morgan fingerprint density at radius 3 is 2.59 bits per heavy atom. The highest BCUT2D eigenvalue weighted by Gasteiger charge is 2.21. The quantitative estimate of drug-likeness (QED) is 0.263. The summed E-state index contributed by atoms with van der Waals surface area (Å²) in [5, 5.41) is 21.5. The number of nitrogens with two attached hydrogens (primary N) is 1. The molecule has 0 saturated carbocycles. The summed E-state index contributed by atoms with van der Waals surface area (Å²) in [5.74, 6) is 6.23. The van der Waals surface area contributed by atoms with E-state index < -0.39 is 10.2 Å². The van der Waals surface area contributed by atoms with Crippen molar-refractivity contribution in [2.75, 3.05) is 11.2 Å². The summed E-state index contributed by atoms with van der Waals surface area (Å²) < 4.78 is 1.33. The fourth-order valence-electron chi connectivity index (χ4n) is 2.42. The maximum absolute atomic E-state index is 12.5. The fourth-order valence-corrected chi connectivity index (χ4v) is 3.41. The van der Waals surface area contributed by atoms with Gasteiger partial charge in [-0.1, -0.05) is 53.2 Å². The van der Waals surface area contributed by atoms with Gasteiger partial charge in [-0.05, 0) is 19.9 Å². The van der Waals surface area contributed by atoms with Gasteiger partial charge in [0.2, 0.25) is 11.1 Å². The molecule has 2 aromatic carbocycles. The molecule has 0 radical (unpaired) electrons. The molecule has 1 atom stereocenters. The number of nitrogens with zero attached hydrogens (tertiary/aromatic N) is 4. The first-order chi connectivity index (χ1) is 13.8. The zero-order valence-electron chi connectivity index (χ0n) is 15.5. The lowest BCUT2D eigenvalue weighted by Gasteiger charge is -2.12. The van der Waals surface area contributed by atoms with Crippen molar-refractivity contribution in [1.82, 2.24) is 14.9 Å². The van der Waals surface area contributed by atoms with E-state index in [-0.39, 0.29) is 22.3 Å². The van der Waals surface area contributed by atoms with Crippen molar-refractivity contribution in [2.45, 2.75) is 24.3 Å². The van der Waals surface area contributed by atoms with E-state index in [0.717, 1.165) is 22.9 Å². The molecular weight excluding hydrogens is 416 g/mol. The molecular formula is C18H17ClN6O3S. The van der Waals surface area contributed by atoms with Crippen LogP contribution in [0.5, 0.6) is 0 Å². The third-order valence-electron chi connectivity index (χ3n) is 4.05. The summed E-state index contributed by atoms with van der Waals surface area (Å²) >= 11 is 7.15. The second kappa shape index (κ2) is 8.50. The van der Waals surface area contributed by atoms with Gasteiger partial charge < -0.3 is 11.2 Å².